The second-order valence-corrected chi connectivity index (χ2v) is 4.58. The van der Waals surface area contributed by atoms with Gasteiger partial charge in [0.15, 0.2) is 0 Å². The number of hydrogen-bond acceptors (Lipinski definition) is 3. The third-order valence-electron chi connectivity index (χ3n) is 1.93. The Bertz CT molecular complexity index is 473. The van der Waals surface area contributed by atoms with Gasteiger partial charge in [0.25, 0.3) is 0 Å². The van der Waals surface area contributed by atoms with Crippen LogP contribution >= 0.6 is 7.82 Å². The Hall–Kier alpha value is -1.48. The highest BCUT2D eigenvalue weighted by atomic mass is 35.5. The van der Waals surface area contributed by atoms with E-state index in [0.717, 1.165) is 0 Å². The molecule has 0 atom stereocenters. The Morgan fingerprint density at radius 2 is 1.11 bits per heavy atom. The van der Waals surface area contributed by atoms with Crippen LogP contribution in [-0.2, 0) is 4.57 Å². The maximum absolute atomic E-state index is 11.7. The molecule has 0 radical (unpaired) electrons. The van der Waals surface area contributed by atoms with E-state index in [4.69, 9.17) is 9.05 Å². The van der Waals surface area contributed by atoms with Gasteiger partial charge in [0.1, 0.15) is 11.5 Å². The highest BCUT2D eigenvalue weighted by Gasteiger charge is 2.24. The smallest absolute Gasteiger partial charge is 0.584 e. The van der Waals surface area contributed by atoms with Crippen molar-refractivity contribution >= 4 is 7.82 Å². The predicted molar refractivity (Wildman–Crippen MR) is 64.0 cm³/mol. The molecule has 2 aromatic rings. The van der Waals surface area contributed by atoms with E-state index in [2.05, 4.69) is 0 Å². The quantitative estimate of drug-likeness (QED) is 0.818. The minimum Gasteiger partial charge on any atom is -1.00 e. The summed E-state index contributed by atoms with van der Waals surface area (Å²) in [5.74, 6) is 0.573. The molecule has 0 unspecified atom stereocenters. The maximum atomic E-state index is 11.7. The molecule has 2 rings (SSSR count). The summed E-state index contributed by atoms with van der Waals surface area (Å²) in [6.07, 6.45) is 0. The molecule has 0 saturated heterocycles. The van der Waals surface area contributed by atoms with Crippen LogP contribution in [-0.4, -0.2) is 4.89 Å². The Kier molecular flexibility index (Phi) is 5.23. The van der Waals surface area contributed by atoms with Crippen molar-refractivity contribution in [2.24, 2.45) is 0 Å². The van der Waals surface area contributed by atoms with E-state index in [1.165, 1.54) is 0 Å². The van der Waals surface area contributed by atoms with Crippen LogP contribution in [0.1, 0.15) is 0 Å². The largest absolute Gasteiger partial charge is 1.00 e. The van der Waals surface area contributed by atoms with E-state index in [9.17, 15) is 9.46 Å². The zero-order valence-corrected chi connectivity index (χ0v) is 10.9. The van der Waals surface area contributed by atoms with E-state index in [1.54, 1.807) is 60.7 Å². The fourth-order valence-electron chi connectivity index (χ4n) is 1.25. The van der Waals surface area contributed by atoms with Crippen LogP contribution < -0.4 is 21.5 Å². The second-order valence-electron chi connectivity index (χ2n) is 3.28. The first kappa shape index (κ1) is 14.6. The maximum Gasteiger partial charge on any atom is 0.584 e. The second kappa shape index (κ2) is 6.45. The molecule has 4 nitrogen and oxygen atoms in total. The van der Waals surface area contributed by atoms with Gasteiger partial charge < -0.3 is 21.5 Å². The summed E-state index contributed by atoms with van der Waals surface area (Å²) in [5.41, 5.74) is 0. The molecule has 6 heteroatoms. The number of phosphoric acid groups is 1. The predicted octanol–water partition coefficient (Wildman–Crippen LogP) is 0.249. The average Bonchev–Trinajstić information content (AvgIpc) is 2.30. The molecular formula is C12H11ClO4P-. The first-order valence-electron chi connectivity index (χ1n) is 4.98. The van der Waals surface area contributed by atoms with Crippen molar-refractivity contribution in [3.63, 3.8) is 0 Å². The zero-order chi connectivity index (χ0) is 12.1. The zero-order valence-electron chi connectivity index (χ0n) is 9.27. The molecule has 0 amide bonds. The molecule has 18 heavy (non-hydrogen) atoms. The van der Waals surface area contributed by atoms with Gasteiger partial charge in [0.05, 0.1) is 0 Å². The Morgan fingerprint density at radius 3 is 1.44 bits per heavy atom. The molecule has 0 bridgehead atoms. The third kappa shape index (κ3) is 4.41. The van der Waals surface area contributed by atoms with Gasteiger partial charge in [-0.05, 0) is 24.3 Å². The average molecular weight is 286 g/mol. The Labute approximate surface area is 111 Å². The Morgan fingerprint density at radius 1 is 0.778 bits per heavy atom. The van der Waals surface area contributed by atoms with Gasteiger partial charge in [0, 0.05) is 0 Å². The van der Waals surface area contributed by atoms with Crippen LogP contribution in [0.3, 0.4) is 0 Å². The molecule has 0 heterocycles. The first-order chi connectivity index (χ1) is 8.16. The van der Waals surface area contributed by atoms with Crippen molar-refractivity contribution in [3.8, 4) is 11.5 Å². The molecule has 1 N–H and O–H groups in total. The third-order valence-corrected chi connectivity index (χ3v) is 2.81. The van der Waals surface area contributed by atoms with Gasteiger partial charge in [-0.25, -0.2) is 4.57 Å². The van der Waals surface area contributed by atoms with Crippen molar-refractivity contribution < 1.29 is 30.9 Å². The number of phosphoric ester groups is 1. The summed E-state index contributed by atoms with van der Waals surface area (Å²) in [4.78, 5) is 9.53. The van der Waals surface area contributed by atoms with Gasteiger partial charge in [-0.1, -0.05) is 36.4 Å². The van der Waals surface area contributed by atoms with E-state index in [0.29, 0.717) is 0 Å². The molecule has 0 spiro atoms. The lowest BCUT2D eigenvalue weighted by Crippen LogP contribution is -3.00. The van der Waals surface area contributed by atoms with Gasteiger partial charge in [-0.3, -0.25) is 4.89 Å². The van der Waals surface area contributed by atoms with E-state index in [-0.39, 0.29) is 23.9 Å². The molecule has 0 aromatic heterocycles. The summed E-state index contributed by atoms with van der Waals surface area (Å²) in [6, 6.07) is 16.7. The van der Waals surface area contributed by atoms with Crippen LogP contribution in [0.25, 0.3) is 0 Å². The van der Waals surface area contributed by atoms with E-state index in [1.807, 2.05) is 0 Å². The number of benzene rings is 2. The molecule has 2 aromatic carbocycles. The van der Waals surface area contributed by atoms with E-state index < -0.39 is 7.82 Å². The standard InChI is InChI=1S/C12H11O4P.ClH/c13-17(14,15-11-7-3-1-4-8-11)16-12-9-5-2-6-10-12;/h1-10H,(H,13,14);1H/p-1. The molecule has 0 aliphatic rings. The van der Waals surface area contributed by atoms with E-state index >= 15 is 0 Å². The highest BCUT2D eigenvalue weighted by molar-refractivity contribution is 7.48. The fraction of sp³-hybridized carbons (Fsp3) is 0. The number of hydrogen-bond donors (Lipinski definition) is 1. The van der Waals surface area contributed by atoms with Crippen LogP contribution in [0.15, 0.2) is 60.7 Å². The van der Waals surface area contributed by atoms with Crippen LogP contribution in [0.5, 0.6) is 11.5 Å². The molecule has 0 saturated carbocycles. The minimum atomic E-state index is -4.14. The van der Waals surface area contributed by atoms with Gasteiger partial charge in [0.2, 0.25) is 0 Å². The van der Waals surface area contributed by atoms with Gasteiger partial charge >= 0.3 is 7.82 Å². The fourth-order valence-corrected chi connectivity index (χ4v) is 2.06. The minimum absolute atomic E-state index is 0. The molecular weight excluding hydrogens is 275 g/mol. The summed E-state index contributed by atoms with van der Waals surface area (Å²) >= 11 is 0. The van der Waals surface area contributed by atoms with Crippen molar-refractivity contribution in [2.45, 2.75) is 0 Å². The lowest BCUT2D eigenvalue weighted by molar-refractivity contribution is -0.0000100. The first-order valence-corrected chi connectivity index (χ1v) is 6.47. The molecule has 96 valence electrons. The van der Waals surface area contributed by atoms with Crippen molar-refractivity contribution in [3.05, 3.63) is 60.7 Å². The Balaban J connectivity index is 0.00000162. The highest BCUT2D eigenvalue weighted by Crippen LogP contribution is 2.43. The van der Waals surface area contributed by atoms with Gasteiger partial charge in [-0.15, -0.1) is 0 Å². The normalized spacial score (nSPS) is 10.3. The molecule has 0 aliphatic carbocycles. The number of rotatable bonds is 4. The topological polar surface area (TPSA) is 55.8 Å². The molecule has 0 aliphatic heterocycles. The monoisotopic (exact) mass is 285 g/mol. The SMILES string of the molecule is O=P(O)(Oc1ccccc1)Oc1ccccc1.[Cl-]. The van der Waals surface area contributed by atoms with Crippen LogP contribution in [0.2, 0.25) is 0 Å². The summed E-state index contributed by atoms with van der Waals surface area (Å²) in [5, 5.41) is 0. The lowest BCUT2D eigenvalue weighted by Gasteiger charge is -2.13. The molecule has 0 fully saturated rings. The summed E-state index contributed by atoms with van der Waals surface area (Å²) < 4.78 is 21.5. The van der Waals surface area contributed by atoms with Crippen molar-refractivity contribution in [1.82, 2.24) is 0 Å². The van der Waals surface area contributed by atoms with Crippen molar-refractivity contribution in [1.29, 1.82) is 0 Å². The lowest BCUT2D eigenvalue weighted by atomic mass is 10.3. The van der Waals surface area contributed by atoms with Crippen molar-refractivity contribution in [2.75, 3.05) is 0 Å². The van der Waals surface area contributed by atoms with Gasteiger partial charge in [-0.2, -0.15) is 0 Å². The van der Waals surface area contributed by atoms with Crippen LogP contribution in [0, 0.1) is 0 Å². The number of halogens is 1. The summed E-state index contributed by atoms with van der Waals surface area (Å²) in [6.45, 7) is 0. The van der Waals surface area contributed by atoms with Crippen LogP contribution in [0.4, 0.5) is 0 Å². The number of para-hydroxylation sites is 2. The summed E-state index contributed by atoms with van der Waals surface area (Å²) in [7, 11) is -4.14.